The Kier molecular flexibility index (Phi) is 4.62. The topological polar surface area (TPSA) is 3.24 Å². The summed E-state index contributed by atoms with van der Waals surface area (Å²) in [6.07, 6.45) is 3.54. The number of aryl methyl sites for hydroxylation is 2. The van der Waals surface area contributed by atoms with E-state index in [1.165, 1.54) is 48.2 Å². The van der Waals surface area contributed by atoms with Gasteiger partial charge in [-0.15, -0.1) is 0 Å². The quantitative estimate of drug-likeness (QED) is 0.795. The summed E-state index contributed by atoms with van der Waals surface area (Å²) < 4.78 is 0. The lowest BCUT2D eigenvalue weighted by atomic mass is 9.97. The maximum Gasteiger partial charge on any atom is 0.0406 e. The molecule has 0 radical (unpaired) electrons. The third kappa shape index (κ3) is 3.87. The normalized spacial score (nSPS) is 15.0. The molecule has 0 aromatic heterocycles. The highest BCUT2D eigenvalue weighted by atomic mass is 35.5. The van der Waals surface area contributed by atoms with Crippen LogP contribution >= 0.6 is 11.6 Å². The van der Waals surface area contributed by atoms with Gasteiger partial charge in [-0.1, -0.05) is 47.5 Å². The lowest BCUT2D eigenvalue weighted by Gasteiger charge is -2.29. The van der Waals surface area contributed by atoms with Gasteiger partial charge in [0.15, 0.2) is 0 Å². The van der Waals surface area contributed by atoms with Crippen LogP contribution < -0.4 is 0 Å². The molecule has 0 unspecified atom stereocenters. The third-order valence-electron chi connectivity index (χ3n) is 4.31. The first-order valence-electron chi connectivity index (χ1n) is 7.76. The Morgan fingerprint density at radius 2 is 1.86 bits per heavy atom. The number of halogens is 1. The van der Waals surface area contributed by atoms with Crippen LogP contribution in [0.4, 0.5) is 0 Å². The molecule has 2 heteroatoms. The molecular weight excluding hydrogens is 278 g/mol. The van der Waals surface area contributed by atoms with E-state index in [0.717, 1.165) is 18.0 Å². The average Bonchev–Trinajstić information content (AvgIpc) is 2.49. The van der Waals surface area contributed by atoms with Crippen molar-refractivity contribution in [3.8, 4) is 0 Å². The van der Waals surface area contributed by atoms with Crippen LogP contribution in [-0.4, -0.2) is 18.0 Å². The van der Waals surface area contributed by atoms with Gasteiger partial charge >= 0.3 is 0 Å². The molecule has 0 N–H and O–H groups in total. The van der Waals surface area contributed by atoms with Crippen molar-refractivity contribution in [3.63, 3.8) is 0 Å². The molecule has 1 aliphatic heterocycles. The average molecular weight is 300 g/mol. The Hall–Kier alpha value is -1.31. The van der Waals surface area contributed by atoms with E-state index in [2.05, 4.69) is 42.2 Å². The molecule has 2 aromatic carbocycles. The van der Waals surface area contributed by atoms with Crippen LogP contribution in [0, 0.1) is 6.92 Å². The fraction of sp³-hybridized carbons (Fsp3) is 0.368. The van der Waals surface area contributed by atoms with E-state index in [4.69, 9.17) is 11.6 Å². The zero-order valence-corrected chi connectivity index (χ0v) is 13.4. The second-order valence-electron chi connectivity index (χ2n) is 6.03. The molecule has 2 aromatic rings. The van der Waals surface area contributed by atoms with Gasteiger partial charge in [-0.05, 0) is 61.6 Å². The molecule has 0 atom stereocenters. The predicted molar refractivity (Wildman–Crippen MR) is 89.9 cm³/mol. The lowest BCUT2D eigenvalue weighted by molar-refractivity contribution is 0.251. The number of hydrogen-bond donors (Lipinski definition) is 0. The number of benzene rings is 2. The molecule has 0 amide bonds. The molecule has 1 heterocycles. The number of rotatable bonds is 4. The highest BCUT2D eigenvalue weighted by Crippen LogP contribution is 2.20. The fourth-order valence-corrected chi connectivity index (χ4v) is 3.22. The summed E-state index contributed by atoms with van der Waals surface area (Å²) in [5.41, 5.74) is 5.81. The fourth-order valence-electron chi connectivity index (χ4n) is 3.09. The zero-order chi connectivity index (χ0) is 14.7. The largest absolute Gasteiger partial charge is 0.299 e. The van der Waals surface area contributed by atoms with Crippen molar-refractivity contribution >= 4 is 11.6 Å². The Balaban J connectivity index is 1.52. The molecule has 3 rings (SSSR count). The van der Waals surface area contributed by atoms with Crippen LogP contribution in [0.1, 0.15) is 28.7 Å². The lowest BCUT2D eigenvalue weighted by Crippen LogP contribution is -2.31. The van der Waals surface area contributed by atoms with Crippen LogP contribution in [0.3, 0.4) is 0 Å². The summed E-state index contributed by atoms with van der Waals surface area (Å²) in [7, 11) is 0. The van der Waals surface area contributed by atoms with Crippen molar-refractivity contribution in [2.24, 2.45) is 0 Å². The van der Waals surface area contributed by atoms with Crippen molar-refractivity contribution in [1.29, 1.82) is 0 Å². The van der Waals surface area contributed by atoms with Gasteiger partial charge in [0.2, 0.25) is 0 Å². The number of hydrogen-bond acceptors (Lipinski definition) is 1. The molecule has 0 aliphatic carbocycles. The highest BCUT2D eigenvalue weighted by molar-refractivity contribution is 6.30. The summed E-state index contributed by atoms with van der Waals surface area (Å²) in [4.78, 5) is 2.58. The van der Waals surface area contributed by atoms with Gasteiger partial charge in [0.1, 0.15) is 0 Å². The van der Waals surface area contributed by atoms with E-state index >= 15 is 0 Å². The van der Waals surface area contributed by atoms with E-state index in [9.17, 15) is 0 Å². The standard InChI is InChI=1S/C19H22ClN/c1-15-4-7-17-10-12-21(14-18(17)13-15)11-2-3-16-5-8-19(20)9-6-16/h4-9,13H,2-3,10-12,14H2,1H3. The second-order valence-corrected chi connectivity index (χ2v) is 6.46. The SMILES string of the molecule is Cc1ccc2c(c1)CN(CCCc1ccc(Cl)cc1)CC2. The molecule has 110 valence electrons. The number of nitrogens with zero attached hydrogens (tertiary/aromatic N) is 1. The van der Waals surface area contributed by atoms with E-state index < -0.39 is 0 Å². The first-order valence-corrected chi connectivity index (χ1v) is 8.14. The minimum atomic E-state index is 0.821. The highest BCUT2D eigenvalue weighted by Gasteiger charge is 2.15. The van der Waals surface area contributed by atoms with E-state index in [1.54, 1.807) is 0 Å². The molecule has 0 fully saturated rings. The van der Waals surface area contributed by atoms with E-state index in [1.807, 2.05) is 12.1 Å². The van der Waals surface area contributed by atoms with Gasteiger partial charge in [-0.3, -0.25) is 4.90 Å². The van der Waals surface area contributed by atoms with Crippen molar-refractivity contribution in [3.05, 3.63) is 69.7 Å². The van der Waals surface area contributed by atoms with Gasteiger partial charge in [0, 0.05) is 18.1 Å². The van der Waals surface area contributed by atoms with Crippen LogP contribution in [0.15, 0.2) is 42.5 Å². The van der Waals surface area contributed by atoms with Crippen LogP contribution in [0.25, 0.3) is 0 Å². The Labute approximate surface area is 132 Å². The summed E-state index contributed by atoms with van der Waals surface area (Å²) in [5, 5.41) is 0.821. The predicted octanol–water partition coefficient (Wildman–Crippen LogP) is 4.64. The Morgan fingerprint density at radius 3 is 2.67 bits per heavy atom. The molecule has 0 spiro atoms. The first kappa shape index (κ1) is 14.6. The van der Waals surface area contributed by atoms with Gasteiger partial charge in [-0.25, -0.2) is 0 Å². The van der Waals surface area contributed by atoms with Crippen LogP contribution in [0.2, 0.25) is 5.02 Å². The van der Waals surface area contributed by atoms with E-state index in [0.29, 0.717) is 0 Å². The minimum absolute atomic E-state index is 0.821. The molecule has 0 bridgehead atoms. The summed E-state index contributed by atoms with van der Waals surface area (Å²) in [5.74, 6) is 0. The molecular formula is C19H22ClN. The maximum absolute atomic E-state index is 5.92. The van der Waals surface area contributed by atoms with Crippen molar-refractivity contribution in [2.45, 2.75) is 32.7 Å². The van der Waals surface area contributed by atoms with Crippen LogP contribution in [0.5, 0.6) is 0 Å². The Bertz CT molecular complexity index is 603. The van der Waals surface area contributed by atoms with Gasteiger partial charge in [0.25, 0.3) is 0 Å². The maximum atomic E-state index is 5.92. The second kappa shape index (κ2) is 6.64. The van der Waals surface area contributed by atoms with Crippen LogP contribution in [-0.2, 0) is 19.4 Å². The van der Waals surface area contributed by atoms with E-state index in [-0.39, 0.29) is 0 Å². The zero-order valence-electron chi connectivity index (χ0n) is 12.6. The third-order valence-corrected chi connectivity index (χ3v) is 4.56. The van der Waals surface area contributed by atoms with Crippen molar-refractivity contribution in [2.75, 3.05) is 13.1 Å². The molecule has 21 heavy (non-hydrogen) atoms. The first-order chi connectivity index (χ1) is 10.2. The molecule has 0 saturated heterocycles. The van der Waals surface area contributed by atoms with Gasteiger partial charge < -0.3 is 0 Å². The smallest absolute Gasteiger partial charge is 0.0406 e. The van der Waals surface area contributed by atoms with Crippen molar-refractivity contribution in [1.82, 2.24) is 4.90 Å². The van der Waals surface area contributed by atoms with Gasteiger partial charge in [-0.2, -0.15) is 0 Å². The molecule has 0 saturated carbocycles. The molecule has 1 aliphatic rings. The number of fused-ring (bicyclic) bond motifs is 1. The minimum Gasteiger partial charge on any atom is -0.299 e. The summed E-state index contributed by atoms with van der Waals surface area (Å²) >= 11 is 5.92. The van der Waals surface area contributed by atoms with Crippen molar-refractivity contribution < 1.29 is 0 Å². The summed E-state index contributed by atoms with van der Waals surface area (Å²) in [6, 6.07) is 15.1. The Morgan fingerprint density at radius 1 is 1.05 bits per heavy atom. The monoisotopic (exact) mass is 299 g/mol. The molecule has 1 nitrogen and oxygen atoms in total. The summed E-state index contributed by atoms with van der Waals surface area (Å²) in [6.45, 7) is 5.66. The van der Waals surface area contributed by atoms with Gasteiger partial charge in [0.05, 0.1) is 0 Å².